The van der Waals surface area contributed by atoms with Crippen molar-refractivity contribution in [2.24, 2.45) is 0 Å². The van der Waals surface area contributed by atoms with Crippen molar-refractivity contribution >= 4 is 22.2 Å². The molecule has 0 bridgehead atoms. The number of hydrogen-bond donors (Lipinski definition) is 1. The number of aromatic nitrogens is 2. The largest absolute Gasteiger partial charge is 0.374 e. The standard InChI is InChI=1S/C13H16N4S/c1-2-14-13-11(15-16-18-13)9-17-8-7-10-5-3-4-6-12(10)17/h3-6,14H,2,7-9H2,1H3. The third-order valence-electron chi connectivity index (χ3n) is 3.22. The van der Waals surface area contributed by atoms with Crippen LogP contribution in [0.2, 0.25) is 0 Å². The van der Waals surface area contributed by atoms with E-state index in [0.29, 0.717) is 0 Å². The fourth-order valence-electron chi connectivity index (χ4n) is 2.36. The number of para-hydroxylation sites is 1. The third-order valence-corrected chi connectivity index (χ3v) is 3.94. The Bertz CT molecular complexity index is 537. The fourth-order valence-corrected chi connectivity index (χ4v) is 3.00. The minimum Gasteiger partial charge on any atom is -0.374 e. The molecule has 1 aromatic carbocycles. The zero-order chi connectivity index (χ0) is 12.4. The third kappa shape index (κ3) is 2.06. The van der Waals surface area contributed by atoms with Crippen LogP contribution in [0, 0.1) is 0 Å². The molecule has 18 heavy (non-hydrogen) atoms. The predicted molar refractivity (Wildman–Crippen MR) is 75.3 cm³/mol. The summed E-state index contributed by atoms with van der Waals surface area (Å²) in [7, 11) is 0. The Morgan fingerprint density at radius 1 is 1.39 bits per heavy atom. The van der Waals surface area contributed by atoms with Crippen molar-refractivity contribution < 1.29 is 0 Å². The number of anilines is 2. The van der Waals surface area contributed by atoms with Crippen LogP contribution in [0.15, 0.2) is 24.3 Å². The lowest BCUT2D eigenvalue weighted by Crippen LogP contribution is -2.20. The first-order valence-electron chi connectivity index (χ1n) is 6.26. The highest BCUT2D eigenvalue weighted by molar-refractivity contribution is 7.10. The number of nitrogens with zero attached hydrogens (tertiary/aromatic N) is 3. The molecule has 2 aromatic rings. The molecule has 1 N–H and O–H groups in total. The van der Waals surface area contributed by atoms with Crippen molar-refractivity contribution in [1.82, 2.24) is 9.59 Å². The number of hydrogen-bond acceptors (Lipinski definition) is 5. The second kappa shape index (κ2) is 4.94. The van der Waals surface area contributed by atoms with E-state index in [2.05, 4.69) is 51.0 Å². The van der Waals surface area contributed by atoms with Crippen molar-refractivity contribution in [3.8, 4) is 0 Å². The average molecular weight is 260 g/mol. The lowest BCUT2D eigenvalue weighted by molar-refractivity contribution is 0.809. The number of rotatable bonds is 4. The fraction of sp³-hybridized carbons (Fsp3) is 0.385. The molecule has 5 heteroatoms. The van der Waals surface area contributed by atoms with Gasteiger partial charge in [-0.2, -0.15) is 0 Å². The molecule has 1 aromatic heterocycles. The van der Waals surface area contributed by atoms with E-state index in [1.54, 1.807) is 0 Å². The van der Waals surface area contributed by atoms with Gasteiger partial charge in [0, 0.05) is 30.3 Å². The zero-order valence-corrected chi connectivity index (χ0v) is 11.2. The molecule has 94 valence electrons. The molecule has 1 aliphatic heterocycles. The van der Waals surface area contributed by atoms with Crippen LogP contribution < -0.4 is 10.2 Å². The van der Waals surface area contributed by atoms with Gasteiger partial charge >= 0.3 is 0 Å². The molecule has 0 radical (unpaired) electrons. The lowest BCUT2D eigenvalue weighted by Gasteiger charge is -2.18. The van der Waals surface area contributed by atoms with E-state index in [1.165, 1.54) is 22.8 Å². The van der Waals surface area contributed by atoms with Gasteiger partial charge in [-0.05, 0) is 25.0 Å². The van der Waals surface area contributed by atoms with Crippen LogP contribution in [-0.2, 0) is 13.0 Å². The Balaban J connectivity index is 1.80. The highest BCUT2D eigenvalue weighted by Crippen LogP contribution is 2.30. The molecule has 0 amide bonds. The van der Waals surface area contributed by atoms with Crippen LogP contribution in [0.1, 0.15) is 18.2 Å². The number of fused-ring (bicyclic) bond motifs is 1. The van der Waals surface area contributed by atoms with Crippen molar-refractivity contribution in [3.63, 3.8) is 0 Å². The van der Waals surface area contributed by atoms with Crippen LogP contribution >= 0.6 is 11.5 Å². The summed E-state index contributed by atoms with van der Waals surface area (Å²) in [5.41, 5.74) is 3.83. The number of nitrogens with one attached hydrogen (secondary N) is 1. The molecule has 0 saturated heterocycles. The van der Waals surface area contributed by atoms with E-state index < -0.39 is 0 Å². The lowest BCUT2D eigenvalue weighted by atomic mass is 10.2. The molecule has 0 fully saturated rings. The predicted octanol–water partition coefficient (Wildman–Crippen LogP) is 2.53. The Labute approximate surface area is 111 Å². The van der Waals surface area contributed by atoms with Crippen molar-refractivity contribution in [1.29, 1.82) is 0 Å². The molecule has 0 atom stereocenters. The molecule has 4 nitrogen and oxygen atoms in total. The van der Waals surface area contributed by atoms with Gasteiger partial charge in [0.1, 0.15) is 10.7 Å². The van der Waals surface area contributed by atoms with Gasteiger partial charge in [-0.15, -0.1) is 5.10 Å². The van der Waals surface area contributed by atoms with Gasteiger partial charge in [-0.25, -0.2) is 0 Å². The van der Waals surface area contributed by atoms with Crippen LogP contribution in [0.25, 0.3) is 0 Å². The van der Waals surface area contributed by atoms with Gasteiger partial charge in [-0.1, -0.05) is 22.7 Å². The second-order valence-corrected chi connectivity index (χ2v) is 5.13. The Hall–Kier alpha value is -1.62. The summed E-state index contributed by atoms with van der Waals surface area (Å²) in [6.07, 6.45) is 1.13. The summed E-state index contributed by atoms with van der Waals surface area (Å²) in [6, 6.07) is 8.60. The summed E-state index contributed by atoms with van der Waals surface area (Å²) in [4.78, 5) is 2.38. The SMILES string of the molecule is CCNc1snnc1CN1CCc2ccccc21. The van der Waals surface area contributed by atoms with Gasteiger partial charge in [0.05, 0.1) is 6.54 Å². The maximum absolute atomic E-state index is 4.24. The van der Waals surface area contributed by atoms with E-state index >= 15 is 0 Å². The average Bonchev–Trinajstić information content (AvgIpc) is 2.99. The van der Waals surface area contributed by atoms with Gasteiger partial charge in [-0.3, -0.25) is 0 Å². The van der Waals surface area contributed by atoms with Crippen molar-refractivity contribution in [2.75, 3.05) is 23.3 Å². The highest BCUT2D eigenvalue weighted by atomic mass is 32.1. The molecule has 0 saturated carbocycles. The smallest absolute Gasteiger partial charge is 0.135 e. The van der Waals surface area contributed by atoms with E-state index in [0.717, 1.165) is 36.8 Å². The van der Waals surface area contributed by atoms with Crippen LogP contribution in [0.3, 0.4) is 0 Å². The topological polar surface area (TPSA) is 41.1 Å². The zero-order valence-electron chi connectivity index (χ0n) is 10.4. The molecule has 0 unspecified atom stereocenters. The van der Waals surface area contributed by atoms with Crippen molar-refractivity contribution in [2.45, 2.75) is 19.9 Å². The summed E-state index contributed by atoms with van der Waals surface area (Å²) >= 11 is 1.44. The van der Waals surface area contributed by atoms with Gasteiger partial charge in [0.2, 0.25) is 0 Å². The quantitative estimate of drug-likeness (QED) is 0.917. The summed E-state index contributed by atoms with van der Waals surface area (Å²) in [5.74, 6) is 0. The molecule has 2 heterocycles. The van der Waals surface area contributed by atoms with E-state index in [9.17, 15) is 0 Å². The Morgan fingerprint density at radius 2 is 2.28 bits per heavy atom. The van der Waals surface area contributed by atoms with E-state index in [-0.39, 0.29) is 0 Å². The van der Waals surface area contributed by atoms with E-state index in [1.807, 2.05) is 0 Å². The maximum atomic E-state index is 4.24. The van der Waals surface area contributed by atoms with Gasteiger partial charge in [0.15, 0.2) is 0 Å². The number of benzene rings is 1. The summed E-state index contributed by atoms with van der Waals surface area (Å²) < 4.78 is 4.04. The molecule has 0 aliphatic carbocycles. The van der Waals surface area contributed by atoms with Crippen LogP contribution in [0.5, 0.6) is 0 Å². The molecule has 1 aliphatic rings. The minimum atomic E-state index is 0.843. The maximum Gasteiger partial charge on any atom is 0.135 e. The van der Waals surface area contributed by atoms with Gasteiger partial charge < -0.3 is 10.2 Å². The first-order valence-corrected chi connectivity index (χ1v) is 7.03. The van der Waals surface area contributed by atoms with E-state index in [4.69, 9.17) is 0 Å². The van der Waals surface area contributed by atoms with Crippen LogP contribution in [-0.4, -0.2) is 22.7 Å². The first-order chi connectivity index (χ1) is 8.88. The monoisotopic (exact) mass is 260 g/mol. The van der Waals surface area contributed by atoms with Crippen molar-refractivity contribution in [3.05, 3.63) is 35.5 Å². The van der Waals surface area contributed by atoms with Crippen LogP contribution in [0.4, 0.5) is 10.7 Å². The summed E-state index contributed by atoms with van der Waals surface area (Å²) in [6.45, 7) is 4.92. The second-order valence-electron chi connectivity index (χ2n) is 4.38. The Kier molecular flexibility index (Phi) is 3.15. The molecular formula is C13H16N4S. The molecule has 0 spiro atoms. The highest BCUT2D eigenvalue weighted by Gasteiger charge is 2.20. The van der Waals surface area contributed by atoms with Gasteiger partial charge in [0.25, 0.3) is 0 Å². The first kappa shape index (κ1) is 11.5. The molecular weight excluding hydrogens is 244 g/mol. The summed E-state index contributed by atoms with van der Waals surface area (Å²) in [5, 5.41) is 8.66. The Morgan fingerprint density at radius 3 is 3.17 bits per heavy atom. The minimum absolute atomic E-state index is 0.843. The normalized spacial score (nSPS) is 13.7. The molecule has 3 rings (SSSR count).